The monoisotopic (exact) mass is 634 g/mol. The van der Waals surface area contributed by atoms with Gasteiger partial charge in [0.15, 0.2) is 0 Å². The molecule has 1 aliphatic heterocycles. The molecule has 0 spiro atoms. The van der Waals surface area contributed by atoms with Gasteiger partial charge in [0.05, 0.1) is 24.7 Å². The molecule has 1 heterocycles. The predicted molar refractivity (Wildman–Crippen MR) is 180 cm³/mol. The molecule has 1 fully saturated rings. The van der Waals surface area contributed by atoms with Crippen molar-refractivity contribution in [3.8, 4) is 28.4 Å². The van der Waals surface area contributed by atoms with Crippen LogP contribution in [-0.4, -0.2) is 66.3 Å². The Morgan fingerprint density at radius 2 is 1.87 bits per heavy atom. The molecule has 3 aromatic rings. The van der Waals surface area contributed by atoms with Crippen molar-refractivity contribution >= 4 is 17.6 Å². The Balaban J connectivity index is 1.30. The molecular formula is C37H47ClN2O5. The SMILES string of the molecule is CCOc1cc(O[C@H]2CCc3c(-c4cccc(OCCCN5CCC5(C)C)c4C)cccc32)c(Cl)cc1CN(C)CCC(=O)O. The van der Waals surface area contributed by atoms with E-state index in [1.54, 1.807) is 0 Å². The van der Waals surface area contributed by atoms with Crippen LogP contribution in [0.3, 0.4) is 0 Å². The second-order valence-corrected chi connectivity index (χ2v) is 13.3. The zero-order chi connectivity index (χ0) is 32.1. The van der Waals surface area contributed by atoms with Gasteiger partial charge in [-0.15, -0.1) is 0 Å². The van der Waals surface area contributed by atoms with Crippen LogP contribution in [0.5, 0.6) is 17.2 Å². The molecule has 0 saturated carbocycles. The van der Waals surface area contributed by atoms with Crippen molar-refractivity contribution < 1.29 is 24.1 Å². The van der Waals surface area contributed by atoms with Gasteiger partial charge in [-0.05, 0) is 100 Å². The van der Waals surface area contributed by atoms with Gasteiger partial charge in [-0.3, -0.25) is 9.69 Å². The molecule has 8 heteroatoms. The molecule has 0 amide bonds. The molecular weight excluding hydrogens is 588 g/mol. The van der Waals surface area contributed by atoms with Crippen LogP contribution >= 0.6 is 11.6 Å². The third kappa shape index (κ3) is 7.76. The normalized spacial score (nSPS) is 17.2. The van der Waals surface area contributed by atoms with Crippen LogP contribution in [-0.2, 0) is 17.8 Å². The highest BCUT2D eigenvalue weighted by atomic mass is 35.5. The fourth-order valence-corrected chi connectivity index (χ4v) is 6.74. The summed E-state index contributed by atoms with van der Waals surface area (Å²) in [6.45, 7) is 13.2. The lowest BCUT2D eigenvalue weighted by Crippen LogP contribution is -2.55. The minimum Gasteiger partial charge on any atom is -0.493 e. The molecule has 0 aromatic heterocycles. The lowest BCUT2D eigenvalue weighted by Gasteiger charge is -2.48. The summed E-state index contributed by atoms with van der Waals surface area (Å²) in [5.74, 6) is 1.42. The molecule has 3 aromatic carbocycles. The highest BCUT2D eigenvalue weighted by Gasteiger charge is 2.34. The van der Waals surface area contributed by atoms with Crippen LogP contribution in [0.4, 0.5) is 0 Å². The topological polar surface area (TPSA) is 71.5 Å². The maximum atomic E-state index is 11.0. The van der Waals surface area contributed by atoms with E-state index in [0.717, 1.165) is 42.7 Å². The van der Waals surface area contributed by atoms with Gasteiger partial charge in [-0.2, -0.15) is 0 Å². The second kappa shape index (κ2) is 14.4. The maximum absolute atomic E-state index is 11.0. The molecule has 7 nitrogen and oxygen atoms in total. The van der Waals surface area contributed by atoms with Crippen LogP contribution in [0.2, 0.25) is 5.02 Å². The first-order valence-corrected chi connectivity index (χ1v) is 16.6. The van der Waals surface area contributed by atoms with Gasteiger partial charge in [0, 0.05) is 43.3 Å². The molecule has 1 aliphatic carbocycles. The number of fused-ring (bicyclic) bond motifs is 1. The molecule has 45 heavy (non-hydrogen) atoms. The first-order valence-electron chi connectivity index (χ1n) is 16.2. The number of likely N-dealkylation sites (tertiary alicyclic amines) is 1. The minimum atomic E-state index is -0.818. The van der Waals surface area contributed by atoms with Crippen molar-refractivity contribution in [2.24, 2.45) is 0 Å². The standard InChI is InChI=1S/C37H47ClN2O5/c1-6-43-34-23-35(31(38)22-26(34)24-39(5)19-16-36(41)42)45-33-15-14-29-28(11-7-12-30(29)33)27-10-8-13-32(25(27)2)44-21-9-18-40-20-17-37(40,3)4/h7-8,10-13,22-23,33H,6,9,14-21,24H2,1-5H3,(H,41,42)/t33-/m0/s1. The van der Waals surface area contributed by atoms with Crippen LogP contribution in [0.25, 0.3) is 11.1 Å². The number of hydrogen-bond donors (Lipinski definition) is 1. The number of rotatable bonds is 15. The van der Waals surface area contributed by atoms with Crippen molar-refractivity contribution in [2.75, 3.05) is 39.9 Å². The van der Waals surface area contributed by atoms with Crippen LogP contribution in [0.1, 0.15) is 74.8 Å². The molecule has 5 rings (SSSR count). The summed E-state index contributed by atoms with van der Waals surface area (Å²) >= 11 is 6.77. The highest BCUT2D eigenvalue weighted by Crippen LogP contribution is 2.44. The summed E-state index contributed by atoms with van der Waals surface area (Å²) in [6, 6.07) is 16.6. The van der Waals surface area contributed by atoms with Crippen LogP contribution in [0.15, 0.2) is 48.5 Å². The van der Waals surface area contributed by atoms with E-state index in [1.807, 2.05) is 31.0 Å². The summed E-state index contributed by atoms with van der Waals surface area (Å²) in [5.41, 5.74) is 7.30. The Morgan fingerprint density at radius 3 is 2.58 bits per heavy atom. The fraction of sp³-hybridized carbons (Fsp3) is 0.486. The average molecular weight is 635 g/mol. The summed E-state index contributed by atoms with van der Waals surface area (Å²) in [6.07, 6.45) is 4.01. The third-order valence-electron chi connectivity index (χ3n) is 9.30. The zero-order valence-electron chi connectivity index (χ0n) is 27.3. The Morgan fingerprint density at radius 1 is 1.09 bits per heavy atom. The number of halogens is 1. The molecule has 0 radical (unpaired) electrons. The molecule has 1 atom stereocenters. The summed E-state index contributed by atoms with van der Waals surface area (Å²) in [4.78, 5) is 15.5. The molecule has 2 aliphatic rings. The van der Waals surface area contributed by atoms with Gasteiger partial charge in [-0.25, -0.2) is 0 Å². The second-order valence-electron chi connectivity index (χ2n) is 12.9. The van der Waals surface area contributed by atoms with E-state index in [4.69, 9.17) is 30.9 Å². The molecule has 1 saturated heterocycles. The van der Waals surface area contributed by atoms with E-state index in [1.165, 1.54) is 35.2 Å². The van der Waals surface area contributed by atoms with Crippen molar-refractivity contribution in [3.05, 3.63) is 75.8 Å². The zero-order valence-corrected chi connectivity index (χ0v) is 28.1. The Labute approximate surface area is 273 Å². The maximum Gasteiger partial charge on any atom is 0.304 e. The number of carboxylic acids is 1. The van der Waals surface area contributed by atoms with E-state index in [2.05, 4.69) is 62.1 Å². The third-order valence-corrected chi connectivity index (χ3v) is 9.60. The van der Waals surface area contributed by atoms with E-state index >= 15 is 0 Å². The Kier molecular flexibility index (Phi) is 10.6. The predicted octanol–water partition coefficient (Wildman–Crippen LogP) is 7.94. The van der Waals surface area contributed by atoms with E-state index in [0.29, 0.717) is 48.4 Å². The van der Waals surface area contributed by atoms with E-state index in [9.17, 15) is 4.79 Å². The van der Waals surface area contributed by atoms with Crippen molar-refractivity contribution in [3.63, 3.8) is 0 Å². The molecule has 0 bridgehead atoms. The van der Waals surface area contributed by atoms with Crippen LogP contribution < -0.4 is 14.2 Å². The van der Waals surface area contributed by atoms with Gasteiger partial charge in [-0.1, -0.05) is 41.9 Å². The largest absolute Gasteiger partial charge is 0.493 e. The van der Waals surface area contributed by atoms with Gasteiger partial charge >= 0.3 is 5.97 Å². The van der Waals surface area contributed by atoms with Gasteiger partial charge in [0.1, 0.15) is 23.4 Å². The minimum absolute atomic E-state index is 0.0762. The number of benzene rings is 3. The summed E-state index contributed by atoms with van der Waals surface area (Å²) in [5, 5.41) is 9.56. The van der Waals surface area contributed by atoms with E-state index < -0.39 is 5.97 Å². The molecule has 0 unspecified atom stereocenters. The first-order chi connectivity index (χ1) is 21.6. The molecule has 242 valence electrons. The van der Waals surface area contributed by atoms with Crippen molar-refractivity contribution in [2.45, 2.75) is 78.0 Å². The Bertz CT molecular complexity index is 1510. The Hall–Kier alpha value is -3.26. The number of nitrogens with zero attached hydrogens (tertiary/aromatic N) is 2. The van der Waals surface area contributed by atoms with Gasteiger partial charge < -0.3 is 24.2 Å². The number of ether oxygens (including phenoxy) is 3. The summed E-state index contributed by atoms with van der Waals surface area (Å²) in [7, 11) is 1.89. The van der Waals surface area contributed by atoms with Crippen LogP contribution in [0, 0.1) is 6.92 Å². The van der Waals surface area contributed by atoms with Crippen molar-refractivity contribution in [1.82, 2.24) is 9.80 Å². The number of aliphatic carboxylic acids is 1. The number of carboxylic acid groups (broad SMARTS) is 1. The quantitative estimate of drug-likeness (QED) is 0.170. The lowest BCUT2D eigenvalue weighted by molar-refractivity contribution is -0.137. The van der Waals surface area contributed by atoms with Crippen molar-refractivity contribution in [1.29, 1.82) is 0 Å². The smallest absolute Gasteiger partial charge is 0.304 e. The average Bonchev–Trinajstić information content (AvgIpc) is 3.41. The number of hydrogen-bond acceptors (Lipinski definition) is 6. The fourth-order valence-electron chi connectivity index (χ4n) is 6.51. The number of carbonyl (C=O) groups is 1. The lowest BCUT2D eigenvalue weighted by atomic mass is 9.89. The summed E-state index contributed by atoms with van der Waals surface area (Å²) < 4.78 is 18.8. The van der Waals surface area contributed by atoms with Gasteiger partial charge in [0.2, 0.25) is 0 Å². The van der Waals surface area contributed by atoms with Gasteiger partial charge in [0.25, 0.3) is 0 Å². The highest BCUT2D eigenvalue weighted by molar-refractivity contribution is 6.32. The first kappa shape index (κ1) is 33.1. The molecule has 1 N–H and O–H groups in total. The van der Waals surface area contributed by atoms with E-state index in [-0.39, 0.29) is 12.5 Å².